The molecule has 0 aliphatic carbocycles. The van der Waals surface area contributed by atoms with Gasteiger partial charge in [0, 0.05) is 26.1 Å². The van der Waals surface area contributed by atoms with Crippen LogP contribution in [0.4, 0.5) is 0 Å². The fourth-order valence-corrected chi connectivity index (χ4v) is 5.32. The highest BCUT2D eigenvalue weighted by Crippen LogP contribution is 2.25. The van der Waals surface area contributed by atoms with Gasteiger partial charge >= 0.3 is 11.9 Å². The third kappa shape index (κ3) is 11.5. The summed E-state index contributed by atoms with van der Waals surface area (Å²) in [6.45, 7) is 9.23. The summed E-state index contributed by atoms with van der Waals surface area (Å²) in [6.07, 6.45) is 3.00. The smallest absolute Gasteiger partial charge is 0.333 e. The van der Waals surface area contributed by atoms with E-state index in [-0.39, 0.29) is 0 Å². The first-order valence-electron chi connectivity index (χ1n) is 16.8. The Morgan fingerprint density at radius 3 is 1.20 bits per heavy atom. The molecule has 0 fully saturated rings. The molecule has 0 radical (unpaired) electrons. The number of carboxylic acid groups (broad SMARTS) is 2. The summed E-state index contributed by atoms with van der Waals surface area (Å²) in [7, 11) is 0. The van der Waals surface area contributed by atoms with Crippen molar-refractivity contribution in [3.8, 4) is 22.6 Å². The Kier molecular flexibility index (Phi) is 14.4. The van der Waals surface area contributed by atoms with E-state index in [9.17, 15) is 19.8 Å². The molecule has 4 rings (SSSR count). The second kappa shape index (κ2) is 19.1. The highest BCUT2D eigenvalue weighted by atomic mass is 16.5. The molecule has 2 N–H and O–H groups in total. The van der Waals surface area contributed by atoms with Gasteiger partial charge in [0.05, 0.1) is 0 Å². The average molecular weight is 679 g/mol. The number of rotatable bonds is 19. The van der Waals surface area contributed by atoms with Crippen molar-refractivity contribution >= 4 is 23.1 Å². The zero-order chi connectivity index (χ0) is 35.9. The van der Waals surface area contributed by atoms with E-state index in [1.165, 1.54) is 0 Å². The maximum atomic E-state index is 11.3. The number of ether oxygens (including phenoxy) is 4. The Morgan fingerprint density at radius 1 is 0.560 bits per heavy atom. The molecule has 0 aliphatic heterocycles. The Labute approximate surface area is 294 Å². The lowest BCUT2D eigenvalue weighted by Gasteiger charge is -2.12. The Morgan fingerprint density at radius 2 is 0.900 bits per heavy atom. The lowest BCUT2D eigenvalue weighted by molar-refractivity contribution is -0.150. The summed E-state index contributed by atoms with van der Waals surface area (Å²) in [4.78, 5) is 22.7. The van der Waals surface area contributed by atoms with Crippen LogP contribution in [-0.4, -0.2) is 60.8 Å². The Hall–Kier alpha value is -5.18. The van der Waals surface area contributed by atoms with Gasteiger partial charge in [-0.25, -0.2) is 9.59 Å². The molecule has 0 saturated carbocycles. The number of allylic oxidation sites excluding steroid dienone is 2. The van der Waals surface area contributed by atoms with Gasteiger partial charge in [0.25, 0.3) is 0 Å². The average Bonchev–Trinajstić information content (AvgIpc) is 3.12. The maximum Gasteiger partial charge on any atom is 0.333 e. The molecule has 8 nitrogen and oxygen atoms in total. The van der Waals surface area contributed by atoms with E-state index in [4.69, 9.17) is 18.9 Å². The molecule has 0 spiro atoms. The summed E-state index contributed by atoms with van der Waals surface area (Å²) in [6, 6.07) is 31.8. The third-order valence-electron chi connectivity index (χ3n) is 8.27. The van der Waals surface area contributed by atoms with Crippen molar-refractivity contribution in [2.75, 3.05) is 26.4 Å². The topological polar surface area (TPSA) is 112 Å². The van der Waals surface area contributed by atoms with Crippen LogP contribution in [0.5, 0.6) is 11.5 Å². The van der Waals surface area contributed by atoms with E-state index in [0.717, 1.165) is 56.0 Å². The predicted octanol–water partition coefficient (Wildman–Crippen LogP) is 8.38. The first kappa shape index (κ1) is 37.6. The van der Waals surface area contributed by atoms with Gasteiger partial charge in [0.1, 0.15) is 24.7 Å². The molecule has 50 heavy (non-hydrogen) atoms. The molecule has 0 bridgehead atoms. The second-order valence-electron chi connectivity index (χ2n) is 11.8. The van der Waals surface area contributed by atoms with Crippen molar-refractivity contribution in [2.45, 2.75) is 52.7 Å². The van der Waals surface area contributed by atoms with Gasteiger partial charge in [-0.1, -0.05) is 72.8 Å². The molecule has 2 atom stereocenters. The summed E-state index contributed by atoms with van der Waals surface area (Å²) in [5.74, 6) is -0.489. The minimum atomic E-state index is -0.962. The van der Waals surface area contributed by atoms with Crippen molar-refractivity contribution in [3.05, 3.63) is 131 Å². The highest BCUT2D eigenvalue weighted by molar-refractivity contribution is 5.74. The van der Waals surface area contributed by atoms with Crippen LogP contribution in [0.3, 0.4) is 0 Å². The van der Waals surface area contributed by atoms with Gasteiger partial charge in [-0.2, -0.15) is 0 Å². The van der Waals surface area contributed by atoms with E-state index >= 15 is 0 Å². The Bertz CT molecular complexity index is 1590. The number of carboxylic acids is 2. The predicted molar refractivity (Wildman–Crippen MR) is 197 cm³/mol. The fraction of sp³-hybridized carbons (Fsp3) is 0.286. The van der Waals surface area contributed by atoms with Crippen LogP contribution in [0.1, 0.15) is 49.9 Å². The maximum absolute atomic E-state index is 11.3. The number of benzene rings is 4. The van der Waals surface area contributed by atoms with Crippen LogP contribution < -0.4 is 9.47 Å². The normalized spacial score (nSPS) is 13.0. The van der Waals surface area contributed by atoms with Crippen LogP contribution in [-0.2, 0) is 31.9 Å². The van der Waals surface area contributed by atoms with Crippen LogP contribution >= 0.6 is 0 Å². The lowest BCUT2D eigenvalue weighted by Crippen LogP contribution is -2.26. The van der Waals surface area contributed by atoms with Crippen LogP contribution in [0, 0.1) is 0 Å². The Balaban J connectivity index is 1.25. The van der Waals surface area contributed by atoms with E-state index in [2.05, 4.69) is 62.4 Å². The molecule has 4 aromatic carbocycles. The van der Waals surface area contributed by atoms with Gasteiger partial charge in [-0.05, 0) is 109 Å². The molecule has 4 aromatic rings. The standard InChI is InChI=1S/C42H46O8/c1-5-47-39(41(43)44)27-31-7-19-37(20-8-31)49-25-23-29(3)33-11-15-35(16-12-33)36-17-13-34(14-18-36)30(4)24-26-50-38-21-9-32(10-22-38)28-40(42(45)46)48-6-2/h7-24,39-40H,5-6,25-28H2,1-4H3,(H,43,44)(H,45,46). The minimum absolute atomic E-state index is 0.309. The monoisotopic (exact) mass is 678 g/mol. The first-order valence-corrected chi connectivity index (χ1v) is 16.8. The molecule has 0 saturated heterocycles. The molecule has 0 aliphatic rings. The van der Waals surface area contributed by atoms with Crippen molar-refractivity contribution in [1.29, 1.82) is 0 Å². The molecule has 8 heteroatoms. The second-order valence-corrected chi connectivity index (χ2v) is 11.8. The zero-order valence-corrected chi connectivity index (χ0v) is 29.1. The summed E-state index contributed by atoms with van der Waals surface area (Å²) >= 11 is 0. The van der Waals surface area contributed by atoms with Crippen molar-refractivity contribution in [3.63, 3.8) is 0 Å². The lowest BCUT2D eigenvalue weighted by atomic mass is 9.98. The van der Waals surface area contributed by atoms with Gasteiger partial charge < -0.3 is 29.2 Å². The van der Waals surface area contributed by atoms with Crippen LogP contribution in [0.15, 0.2) is 109 Å². The summed E-state index contributed by atoms with van der Waals surface area (Å²) in [5.41, 5.74) is 8.46. The number of aliphatic carboxylic acids is 2. The molecule has 262 valence electrons. The van der Waals surface area contributed by atoms with Crippen LogP contribution in [0.25, 0.3) is 22.3 Å². The van der Waals surface area contributed by atoms with Gasteiger partial charge in [-0.15, -0.1) is 0 Å². The molecule has 0 aromatic heterocycles. The summed E-state index contributed by atoms with van der Waals surface area (Å²) < 4.78 is 22.4. The molecule has 0 heterocycles. The van der Waals surface area contributed by atoms with Crippen molar-refractivity contribution < 1.29 is 38.7 Å². The van der Waals surface area contributed by atoms with E-state index in [1.54, 1.807) is 13.8 Å². The van der Waals surface area contributed by atoms with Gasteiger partial charge in [-0.3, -0.25) is 0 Å². The van der Waals surface area contributed by atoms with E-state index in [0.29, 0.717) is 39.3 Å². The number of carbonyl (C=O) groups is 2. The van der Waals surface area contributed by atoms with E-state index in [1.807, 2.05) is 60.7 Å². The molecular formula is C42H46O8. The van der Waals surface area contributed by atoms with Crippen molar-refractivity contribution in [2.24, 2.45) is 0 Å². The first-order chi connectivity index (χ1) is 24.2. The quantitative estimate of drug-likeness (QED) is 0.102. The minimum Gasteiger partial charge on any atom is -0.490 e. The van der Waals surface area contributed by atoms with Gasteiger partial charge in [0.2, 0.25) is 0 Å². The molecular weight excluding hydrogens is 632 g/mol. The largest absolute Gasteiger partial charge is 0.490 e. The molecule has 0 amide bonds. The van der Waals surface area contributed by atoms with E-state index < -0.39 is 24.1 Å². The third-order valence-corrected chi connectivity index (χ3v) is 8.27. The highest BCUT2D eigenvalue weighted by Gasteiger charge is 2.18. The fourth-order valence-electron chi connectivity index (χ4n) is 5.32. The number of hydrogen-bond acceptors (Lipinski definition) is 6. The van der Waals surface area contributed by atoms with Crippen LogP contribution in [0.2, 0.25) is 0 Å². The molecule has 2 unspecified atom stereocenters. The number of hydrogen-bond donors (Lipinski definition) is 2. The SMILES string of the molecule is CCOC(Cc1ccc(OCC=C(C)c2ccc(-c3ccc(C(C)=CCOc4ccc(CC(OCC)C(=O)O)cc4)cc3)cc2)cc1)C(=O)O. The van der Waals surface area contributed by atoms with Gasteiger partial charge in [0.15, 0.2) is 12.2 Å². The zero-order valence-electron chi connectivity index (χ0n) is 29.1. The summed E-state index contributed by atoms with van der Waals surface area (Å²) in [5, 5.41) is 18.6. The van der Waals surface area contributed by atoms with Crippen molar-refractivity contribution in [1.82, 2.24) is 0 Å².